The van der Waals surface area contributed by atoms with Gasteiger partial charge in [-0.3, -0.25) is 9.59 Å². The highest BCUT2D eigenvalue weighted by Crippen LogP contribution is 2.17. The van der Waals surface area contributed by atoms with Gasteiger partial charge in [-0.05, 0) is 37.4 Å². The van der Waals surface area contributed by atoms with E-state index in [9.17, 15) is 9.59 Å². The lowest BCUT2D eigenvalue weighted by molar-refractivity contribution is -0.120. The quantitative estimate of drug-likeness (QED) is 0.815. The molecule has 0 unspecified atom stereocenters. The molecule has 2 rings (SSSR count). The SMILES string of the molecule is CC(=O)Nc1ccc(CC(=O)NC[C@H](c2ccccc2)N(C)C)cc1. The number of carbonyl (C=O) groups is 2. The predicted molar refractivity (Wildman–Crippen MR) is 100 cm³/mol. The number of rotatable bonds is 7. The molecule has 0 radical (unpaired) electrons. The molecule has 0 spiro atoms. The number of nitrogens with zero attached hydrogens (tertiary/aromatic N) is 1. The number of carbonyl (C=O) groups excluding carboxylic acids is 2. The molecule has 5 nitrogen and oxygen atoms in total. The second-order valence-corrected chi connectivity index (χ2v) is 6.25. The minimum atomic E-state index is -0.110. The van der Waals surface area contributed by atoms with Gasteiger partial charge in [0.2, 0.25) is 11.8 Å². The second kappa shape index (κ2) is 8.99. The summed E-state index contributed by atoms with van der Waals surface area (Å²) < 4.78 is 0. The van der Waals surface area contributed by atoms with Crippen LogP contribution in [0.25, 0.3) is 0 Å². The molecule has 0 aliphatic carbocycles. The van der Waals surface area contributed by atoms with E-state index in [1.54, 1.807) is 12.1 Å². The van der Waals surface area contributed by atoms with Crippen molar-refractivity contribution in [2.24, 2.45) is 0 Å². The molecule has 2 aromatic rings. The molecule has 0 saturated carbocycles. The molecule has 5 heteroatoms. The maximum atomic E-state index is 12.2. The van der Waals surface area contributed by atoms with E-state index in [0.717, 1.165) is 11.3 Å². The lowest BCUT2D eigenvalue weighted by Gasteiger charge is -2.25. The second-order valence-electron chi connectivity index (χ2n) is 6.25. The van der Waals surface area contributed by atoms with Gasteiger partial charge in [-0.15, -0.1) is 0 Å². The van der Waals surface area contributed by atoms with Crippen LogP contribution < -0.4 is 10.6 Å². The van der Waals surface area contributed by atoms with Crippen LogP contribution in [0.5, 0.6) is 0 Å². The summed E-state index contributed by atoms with van der Waals surface area (Å²) in [7, 11) is 4.01. The van der Waals surface area contributed by atoms with Crippen molar-refractivity contribution in [2.75, 3.05) is 26.0 Å². The van der Waals surface area contributed by atoms with Gasteiger partial charge in [0.25, 0.3) is 0 Å². The Morgan fingerprint density at radius 2 is 1.64 bits per heavy atom. The molecule has 132 valence electrons. The minimum absolute atomic E-state index is 0.0185. The van der Waals surface area contributed by atoms with E-state index < -0.39 is 0 Å². The summed E-state index contributed by atoms with van der Waals surface area (Å²) in [4.78, 5) is 25.3. The highest BCUT2D eigenvalue weighted by molar-refractivity contribution is 5.88. The van der Waals surface area contributed by atoms with Crippen LogP contribution in [0.4, 0.5) is 5.69 Å². The average Bonchev–Trinajstić information content (AvgIpc) is 2.57. The van der Waals surface area contributed by atoms with Crippen LogP contribution in [0.15, 0.2) is 54.6 Å². The summed E-state index contributed by atoms with van der Waals surface area (Å²) in [5.41, 5.74) is 2.81. The van der Waals surface area contributed by atoms with E-state index in [1.165, 1.54) is 12.5 Å². The van der Waals surface area contributed by atoms with Crippen molar-refractivity contribution in [3.8, 4) is 0 Å². The Hall–Kier alpha value is -2.66. The summed E-state index contributed by atoms with van der Waals surface area (Å²) in [6, 6.07) is 17.6. The molecular formula is C20H25N3O2. The monoisotopic (exact) mass is 339 g/mol. The molecule has 2 amide bonds. The van der Waals surface area contributed by atoms with Crippen molar-refractivity contribution in [1.29, 1.82) is 0 Å². The Balaban J connectivity index is 1.90. The molecule has 2 N–H and O–H groups in total. The van der Waals surface area contributed by atoms with Gasteiger partial charge < -0.3 is 15.5 Å². The summed E-state index contributed by atoms with van der Waals surface area (Å²) >= 11 is 0. The van der Waals surface area contributed by atoms with Gasteiger partial charge in [0.15, 0.2) is 0 Å². The van der Waals surface area contributed by atoms with E-state index >= 15 is 0 Å². The molecular weight excluding hydrogens is 314 g/mol. The zero-order chi connectivity index (χ0) is 18.2. The number of anilines is 1. The van der Waals surface area contributed by atoms with Crippen LogP contribution >= 0.6 is 0 Å². The van der Waals surface area contributed by atoms with Crippen LogP contribution in [-0.2, 0) is 16.0 Å². The molecule has 0 bridgehead atoms. The van der Waals surface area contributed by atoms with Crippen LogP contribution in [0.2, 0.25) is 0 Å². The molecule has 0 saturated heterocycles. The first-order valence-corrected chi connectivity index (χ1v) is 8.30. The molecule has 0 fully saturated rings. The highest BCUT2D eigenvalue weighted by Gasteiger charge is 2.15. The zero-order valence-electron chi connectivity index (χ0n) is 15.0. The zero-order valence-corrected chi connectivity index (χ0v) is 15.0. The first kappa shape index (κ1) is 18.7. The molecule has 0 aliphatic rings. The molecule has 0 aromatic heterocycles. The van der Waals surface area contributed by atoms with Gasteiger partial charge in [0.1, 0.15) is 0 Å². The fraction of sp³-hybridized carbons (Fsp3) is 0.300. The fourth-order valence-electron chi connectivity index (χ4n) is 2.64. The summed E-state index contributed by atoms with van der Waals surface area (Å²) in [6.45, 7) is 2.02. The van der Waals surface area contributed by atoms with Gasteiger partial charge in [-0.1, -0.05) is 42.5 Å². The lowest BCUT2D eigenvalue weighted by Crippen LogP contribution is -2.35. The highest BCUT2D eigenvalue weighted by atomic mass is 16.2. The van der Waals surface area contributed by atoms with Gasteiger partial charge in [0, 0.05) is 19.2 Å². The van der Waals surface area contributed by atoms with Crippen molar-refractivity contribution in [3.63, 3.8) is 0 Å². The van der Waals surface area contributed by atoms with Crippen molar-refractivity contribution in [2.45, 2.75) is 19.4 Å². The first-order chi connectivity index (χ1) is 12.0. The normalized spacial score (nSPS) is 11.8. The summed E-state index contributed by atoms with van der Waals surface area (Å²) in [5.74, 6) is -0.129. The van der Waals surface area contributed by atoms with Crippen LogP contribution in [0, 0.1) is 0 Å². The van der Waals surface area contributed by atoms with Crippen molar-refractivity contribution in [3.05, 3.63) is 65.7 Å². The Morgan fingerprint density at radius 1 is 1.00 bits per heavy atom. The number of likely N-dealkylation sites (N-methyl/N-ethyl adjacent to an activating group) is 1. The average molecular weight is 339 g/mol. The number of benzene rings is 2. The topological polar surface area (TPSA) is 61.4 Å². The maximum absolute atomic E-state index is 12.2. The van der Waals surface area contributed by atoms with Crippen molar-refractivity contribution in [1.82, 2.24) is 10.2 Å². The molecule has 1 atom stereocenters. The first-order valence-electron chi connectivity index (χ1n) is 8.30. The van der Waals surface area contributed by atoms with Crippen LogP contribution in [-0.4, -0.2) is 37.4 Å². The summed E-state index contributed by atoms with van der Waals surface area (Å²) in [5, 5.41) is 5.72. The standard InChI is InChI=1S/C20H25N3O2/c1-15(24)22-18-11-9-16(10-12-18)13-20(25)21-14-19(23(2)3)17-7-5-4-6-8-17/h4-12,19H,13-14H2,1-3H3,(H,21,25)(H,22,24)/t19-/m1/s1. The number of hydrogen-bond acceptors (Lipinski definition) is 3. The van der Waals surface area contributed by atoms with E-state index in [0.29, 0.717) is 13.0 Å². The third kappa shape index (κ3) is 6.04. The van der Waals surface area contributed by atoms with Crippen molar-refractivity contribution < 1.29 is 9.59 Å². The third-order valence-corrected chi connectivity index (χ3v) is 3.94. The van der Waals surface area contributed by atoms with Crippen LogP contribution in [0.1, 0.15) is 24.1 Å². The molecule has 0 aliphatic heterocycles. The molecule has 25 heavy (non-hydrogen) atoms. The Bertz CT molecular complexity index is 697. The van der Waals surface area contributed by atoms with Crippen molar-refractivity contribution >= 4 is 17.5 Å². The smallest absolute Gasteiger partial charge is 0.224 e. The number of hydrogen-bond donors (Lipinski definition) is 2. The fourth-order valence-corrected chi connectivity index (χ4v) is 2.64. The predicted octanol–water partition coefficient (Wildman–Crippen LogP) is 2.61. The Morgan fingerprint density at radius 3 is 2.20 bits per heavy atom. The van der Waals surface area contributed by atoms with Gasteiger partial charge in [-0.25, -0.2) is 0 Å². The van der Waals surface area contributed by atoms with E-state index in [1.807, 2.05) is 44.4 Å². The minimum Gasteiger partial charge on any atom is -0.354 e. The number of nitrogens with one attached hydrogen (secondary N) is 2. The maximum Gasteiger partial charge on any atom is 0.224 e. The van der Waals surface area contributed by atoms with E-state index in [4.69, 9.17) is 0 Å². The molecule has 2 aromatic carbocycles. The van der Waals surface area contributed by atoms with E-state index in [-0.39, 0.29) is 17.9 Å². The van der Waals surface area contributed by atoms with Gasteiger partial charge in [-0.2, -0.15) is 0 Å². The van der Waals surface area contributed by atoms with Gasteiger partial charge >= 0.3 is 0 Å². The molecule has 0 heterocycles. The Labute approximate surface area is 149 Å². The van der Waals surface area contributed by atoms with Gasteiger partial charge in [0.05, 0.1) is 12.5 Å². The third-order valence-electron chi connectivity index (χ3n) is 3.94. The van der Waals surface area contributed by atoms with Crippen LogP contribution in [0.3, 0.4) is 0 Å². The Kier molecular flexibility index (Phi) is 6.71. The summed E-state index contributed by atoms with van der Waals surface area (Å²) in [6.07, 6.45) is 0.315. The lowest BCUT2D eigenvalue weighted by atomic mass is 10.1. The number of amides is 2. The van der Waals surface area contributed by atoms with E-state index in [2.05, 4.69) is 27.7 Å². The largest absolute Gasteiger partial charge is 0.354 e.